The van der Waals surface area contributed by atoms with Crippen molar-refractivity contribution < 1.29 is 14.3 Å². The maximum Gasteiger partial charge on any atom is 0.305 e. The number of thiocarbonyl (C=S) groups is 1. The third-order valence-electron chi connectivity index (χ3n) is 6.31. The predicted molar refractivity (Wildman–Crippen MR) is 135 cm³/mol. The molecule has 1 aromatic carbocycles. The van der Waals surface area contributed by atoms with E-state index < -0.39 is 0 Å². The minimum absolute atomic E-state index is 0.0643. The molecule has 0 spiro atoms. The summed E-state index contributed by atoms with van der Waals surface area (Å²) in [6.07, 6.45) is 2.80. The Morgan fingerprint density at radius 2 is 1.97 bits per heavy atom. The van der Waals surface area contributed by atoms with Crippen molar-refractivity contribution in [3.05, 3.63) is 77.4 Å². The molecule has 4 rings (SSSR count). The highest BCUT2D eigenvalue weighted by molar-refractivity contribution is 7.80. The maximum absolute atomic E-state index is 11.7. The van der Waals surface area contributed by atoms with Crippen LogP contribution >= 0.6 is 12.2 Å². The second-order valence-electron chi connectivity index (χ2n) is 8.36. The van der Waals surface area contributed by atoms with Crippen LogP contribution in [0.2, 0.25) is 0 Å². The first kappa shape index (κ1) is 23.8. The SMILES string of the molecule is COC(=O)CCCN1C(=S)N[C@@H](c2ccccn2)[C@H]1c1cc(C)n(-c2cccc(OC)c2)c1C. The summed E-state index contributed by atoms with van der Waals surface area (Å²) < 4.78 is 12.5. The molecule has 34 heavy (non-hydrogen) atoms. The smallest absolute Gasteiger partial charge is 0.305 e. The molecule has 1 aliphatic rings. The summed E-state index contributed by atoms with van der Waals surface area (Å²) in [4.78, 5) is 18.5. The van der Waals surface area contributed by atoms with Crippen LogP contribution in [0.3, 0.4) is 0 Å². The van der Waals surface area contributed by atoms with Crippen LogP contribution in [-0.2, 0) is 9.53 Å². The number of nitrogens with one attached hydrogen (secondary N) is 1. The molecule has 3 aromatic rings. The van der Waals surface area contributed by atoms with Crippen LogP contribution < -0.4 is 10.1 Å². The molecule has 2 atom stereocenters. The van der Waals surface area contributed by atoms with Gasteiger partial charge in [0, 0.05) is 42.3 Å². The molecule has 3 heterocycles. The molecule has 1 saturated heterocycles. The van der Waals surface area contributed by atoms with Crippen LogP contribution in [0.15, 0.2) is 54.7 Å². The molecule has 0 unspecified atom stereocenters. The average Bonchev–Trinajstić information content (AvgIpc) is 3.34. The second kappa shape index (κ2) is 10.3. The van der Waals surface area contributed by atoms with Crippen molar-refractivity contribution in [2.75, 3.05) is 20.8 Å². The van der Waals surface area contributed by atoms with Gasteiger partial charge in [-0.25, -0.2) is 0 Å². The number of hydrogen-bond donors (Lipinski definition) is 1. The largest absolute Gasteiger partial charge is 0.497 e. The molecule has 0 saturated carbocycles. The van der Waals surface area contributed by atoms with Crippen molar-refractivity contribution in [2.45, 2.75) is 38.8 Å². The molecule has 2 aromatic heterocycles. The molecule has 178 valence electrons. The van der Waals surface area contributed by atoms with Gasteiger partial charge in [-0.15, -0.1) is 0 Å². The van der Waals surface area contributed by atoms with E-state index in [1.165, 1.54) is 12.7 Å². The van der Waals surface area contributed by atoms with Crippen molar-refractivity contribution in [3.63, 3.8) is 0 Å². The zero-order chi connectivity index (χ0) is 24.2. The Balaban J connectivity index is 1.75. The van der Waals surface area contributed by atoms with Gasteiger partial charge in [0.05, 0.1) is 32.0 Å². The quantitative estimate of drug-likeness (QED) is 0.380. The fourth-order valence-electron chi connectivity index (χ4n) is 4.71. The lowest BCUT2D eigenvalue weighted by Crippen LogP contribution is -2.31. The zero-order valence-electron chi connectivity index (χ0n) is 19.9. The van der Waals surface area contributed by atoms with Crippen molar-refractivity contribution >= 4 is 23.3 Å². The first-order chi connectivity index (χ1) is 16.4. The number of nitrogens with zero attached hydrogens (tertiary/aromatic N) is 3. The van der Waals surface area contributed by atoms with E-state index in [-0.39, 0.29) is 18.1 Å². The lowest BCUT2D eigenvalue weighted by molar-refractivity contribution is -0.140. The normalized spacial score (nSPS) is 17.5. The molecule has 0 aliphatic carbocycles. The summed E-state index contributed by atoms with van der Waals surface area (Å²) in [7, 11) is 3.09. The maximum atomic E-state index is 11.7. The number of hydrogen-bond acceptors (Lipinski definition) is 5. The van der Waals surface area contributed by atoms with Crippen molar-refractivity contribution in [2.24, 2.45) is 0 Å². The Hall–Kier alpha value is -3.39. The van der Waals surface area contributed by atoms with Crippen molar-refractivity contribution in [1.82, 2.24) is 19.8 Å². The van der Waals surface area contributed by atoms with Crippen LogP contribution in [0.1, 0.15) is 47.6 Å². The van der Waals surface area contributed by atoms with E-state index in [1.807, 2.05) is 36.4 Å². The summed E-state index contributed by atoms with van der Waals surface area (Å²) >= 11 is 5.76. The van der Waals surface area contributed by atoms with Gasteiger partial charge in [0.2, 0.25) is 0 Å². The lowest BCUT2D eigenvalue weighted by atomic mass is 9.96. The van der Waals surface area contributed by atoms with Gasteiger partial charge in [-0.1, -0.05) is 12.1 Å². The van der Waals surface area contributed by atoms with Gasteiger partial charge in [0.15, 0.2) is 5.11 Å². The molecule has 0 amide bonds. The highest BCUT2D eigenvalue weighted by Crippen LogP contribution is 2.41. The van der Waals surface area contributed by atoms with E-state index in [4.69, 9.17) is 21.7 Å². The number of pyridine rings is 1. The van der Waals surface area contributed by atoms with Crippen molar-refractivity contribution in [1.29, 1.82) is 0 Å². The van der Waals surface area contributed by atoms with E-state index in [1.54, 1.807) is 13.3 Å². The number of benzene rings is 1. The fraction of sp³-hybridized carbons (Fsp3) is 0.346. The number of rotatable bonds is 8. The average molecular weight is 479 g/mol. The number of ether oxygens (including phenoxy) is 2. The van der Waals surface area contributed by atoms with Crippen LogP contribution in [0.5, 0.6) is 5.75 Å². The molecular weight excluding hydrogens is 448 g/mol. The Labute approximate surface area is 205 Å². The van der Waals surface area contributed by atoms with Crippen LogP contribution in [0.25, 0.3) is 5.69 Å². The molecule has 1 aliphatic heterocycles. The van der Waals surface area contributed by atoms with Gasteiger partial charge in [-0.3, -0.25) is 9.78 Å². The van der Waals surface area contributed by atoms with Gasteiger partial charge < -0.3 is 24.3 Å². The van der Waals surface area contributed by atoms with Crippen LogP contribution in [0, 0.1) is 13.8 Å². The molecule has 0 radical (unpaired) electrons. The van der Waals surface area contributed by atoms with E-state index in [2.05, 4.69) is 45.7 Å². The number of methoxy groups -OCH3 is 2. The predicted octanol–water partition coefficient (Wildman–Crippen LogP) is 4.42. The Morgan fingerprint density at radius 1 is 1.15 bits per heavy atom. The highest BCUT2D eigenvalue weighted by Gasteiger charge is 2.41. The summed E-state index contributed by atoms with van der Waals surface area (Å²) in [6.45, 7) is 4.87. The van der Waals surface area contributed by atoms with E-state index in [9.17, 15) is 4.79 Å². The monoisotopic (exact) mass is 478 g/mol. The van der Waals surface area contributed by atoms with E-state index in [0.29, 0.717) is 24.5 Å². The Morgan fingerprint density at radius 3 is 2.68 bits per heavy atom. The number of carbonyl (C=O) groups excluding carboxylic acids is 1. The first-order valence-electron chi connectivity index (χ1n) is 11.3. The molecule has 8 heteroatoms. The number of aryl methyl sites for hydroxylation is 1. The standard InChI is InChI=1S/C26H30N4O3S/c1-17-15-21(18(2)30(17)19-9-7-10-20(16-19)32-3)25-24(22-11-5-6-13-27-22)28-26(34)29(25)14-8-12-23(31)33-4/h5-7,9-11,13,15-16,24-25H,8,12,14H2,1-4H3,(H,28,34)/t24-,25+/m0/s1. The van der Waals surface area contributed by atoms with Gasteiger partial charge >= 0.3 is 5.97 Å². The molecule has 1 fully saturated rings. The Kier molecular flexibility index (Phi) is 7.17. The minimum atomic E-state index is -0.216. The summed E-state index contributed by atoms with van der Waals surface area (Å²) in [5, 5.41) is 4.15. The number of esters is 1. The molecular formula is C26H30N4O3S. The summed E-state index contributed by atoms with van der Waals surface area (Å²) in [5.41, 5.74) is 5.38. The number of aromatic nitrogens is 2. The van der Waals surface area contributed by atoms with Gasteiger partial charge in [-0.2, -0.15) is 0 Å². The Bertz CT molecular complexity index is 1180. The van der Waals surface area contributed by atoms with E-state index in [0.717, 1.165) is 28.5 Å². The lowest BCUT2D eigenvalue weighted by Gasteiger charge is -2.28. The van der Waals surface area contributed by atoms with Crippen LogP contribution in [-0.4, -0.2) is 46.3 Å². The highest BCUT2D eigenvalue weighted by atomic mass is 32.1. The number of carbonyl (C=O) groups is 1. The first-order valence-corrected chi connectivity index (χ1v) is 11.7. The van der Waals surface area contributed by atoms with Crippen molar-refractivity contribution in [3.8, 4) is 11.4 Å². The summed E-state index contributed by atoms with van der Waals surface area (Å²) in [5.74, 6) is 0.596. The molecule has 7 nitrogen and oxygen atoms in total. The topological polar surface area (TPSA) is 68.6 Å². The van der Waals surface area contributed by atoms with Gasteiger partial charge in [-0.05, 0) is 68.4 Å². The summed E-state index contributed by atoms with van der Waals surface area (Å²) in [6, 6.07) is 16.0. The third-order valence-corrected chi connectivity index (χ3v) is 6.66. The second-order valence-corrected chi connectivity index (χ2v) is 8.75. The van der Waals surface area contributed by atoms with E-state index >= 15 is 0 Å². The minimum Gasteiger partial charge on any atom is -0.497 e. The van der Waals surface area contributed by atoms with Crippen LogP contribution in [0.4, 0.5) is 0 Å². The molecule has 0 bridgehead atoms. The van der Waals surface area contributed by atoms with Gasteiger partial charge in [0.1, 0.15) is 5.75 Å². The zero-order valence-corrected chi connectivity index (χ0v) is 20.8. The molecule has 1 N–H and O–H groups in total. The van der Waals surface area contributed by atoms with Gasteiger partial charge in [0.25, 0.3) is 0 Å². The fourth-order valence-corrected chi connectivity index (χ4v) is 5.05. The third kappa shape index (κ3) is 4.63.